The molecule has 0 saturated heterocycles. The molecule has 0 aliphatic heterocycles. The van der Waals surface area contributed by atoms with Crippen LogP contribution in [0.1, 0.15) is 19.5 Å². The molecule has 1 aromatic heterocycles. The summed E-state index contributed by atoms with van der Waals surface area (Å²) in [4.78, 5) is 6.75. The van der Waals surface area contributed by atoms with Crippen LogP contribution in [0.2, 0.25) is 0 Å². The largest absolute Gasteiger partial charge is 0.398 e. The third-order valence-corrected chi connectivity index (χ3v) is 3.01. The Morgan fingerprint density at radius 2 is 1.94 bits per heavy atom. The molecule has 0 atom stereocenters. The number of fused-ring (bicyclic) bond motifs is 1. The van der Waals surface area contributed by atoms with E-state index in [1.807, 2.05) is 26.2 Å². The second-order valence-corrected chi connectivity index (χ2v) is 5.40. The summed E-state index contributed by atoms with van der Waals surface area (Å²) in [7, 11) is 4.05. The minimum absolute atomic E-state index is 0.593. The molecule has 1 aromatic carbocycles. The number of rotatable bonds is 3. The van der Waals surface area contributed by atoms with E-state index in [1.165, 1.54) is 0 Å². The molecule has 2 rings (SSSR count). The Balaban J connectivity index is 2.51. The molecule has 18 heavy (non-hydrogen) atoms. The Hall–Kier alpha value is -1.77. The van der Waals surface area contributed by atoms with Gasteiger partial charge in [0.2, 0.25) is 0 Å². The topological polar surface area (TPSA) is 42.1 Å². The number of nitrogen functional groups attached to an aromatic ring is 1. The molecule has 2 aromatic rings. The van der Waals surface area contributed by atoms with Crippen LogP contribution in [0.5, 0.6) is 0 Å². The smallest absolute Gasteiger partial charge is 0.0727 e. The summed E-state index contributed by atoms with van der Waals surface area (Å²) in [6.07, 6.45) is 0.968. The normalized spacial score (nSPS) is 11.2. The molecule has 1 heterocycles. The third-order valence-electron chi connectivity index (χ3n) is 3.01. The first-order valence-corrected chi connectivity index (χ1v) is 6.34. The molecule has 0 unspecified atom stereocenters. The highest BCUT2D eigenvalue weighted by Crippen LogP contribution is 2.26. The first kappa shape index (κ1) is 12.7. The zero-order chi connectivity index (χ0) is 13.3. The average Bonchev–Trinajstić information content (AvgIpc) is 2.27. The number of anilines is 2. The molecule has 0 aliphatic rings. The van der Waals surface area contributed by atoms with Gasteiger partial charge < -0.3 is 10.6 Å². The van der Waals surface area contributed by atoms with Crippen molar-refractivity contribution in [1.29, 1.82) is 0 Å². The minimum Gasteiger partial charge on any atom is -0.398 e. The number of hydrogen-bond donors (Lipinski definition) is 1. The molecule has 3 heteroatoms. The lowest BCUT2D eigenvalue weighted by atomic mass is 10.1. The maximum absolute atomic E-state index is 6.14. The van der Waals surface area contributed by atoms with E-state index < -0.39 is 0 Å². The molecule has 0 radical (unpaired) electrons. The van der Waals surface area contributed by atoms with Gasteiger partial charge in [-0.15, -0.1) is 0 Å². The van der Waals surface area contributed by atoms with Crippen molar-refractivity contribution in [2.45, 2.75) is 20.3 Å². The van der Waals surface area contributed by atoms with E-state index >= 15 is 0 Å². The van der Waals surface area contributed by atoms with Gasteiger partial charge in [0, 0.05) is 36.6 Å². The highest BCUT2D eigenvalue weighted by atomic mass is 15.1. The highest BCUT2D eigenvalue weighted by Gasteiger charge is 2.07. The van der Waals surface area contributed by atoms with Crippen molar-refractivity contribution in [1.82, 2.24) is 4.98 Å². The summed E-state index contributed by atoms with van der Waals surface area (Å²) in [5.41, 5.74) is 10.2. The zero-order valence-electron chi connectivity index (χ0n) is 11.6. The fourth-order valence-electron chi connectivity index (χ4n) is 2.10. The van der Waals surface area contributed by atoms with Crippen LogP contribution in [0.15, 0.2) is 24.3 Å². The van der Waals surface area contributed by atoms with Crippen LogP contribution in [0.25, 0.3) is 10.9 Å². The lowest BCUT2D eigenvalue weighted by Crippen LogP contribution is -2.08. The SMILES string of the molecule is CC(C)Cc1cc(N)c2cc(N(C)C)ccc2n1. The maximum atomic E-state index is 6.14. The molecular weight excluding hydrogens is 222 g/mol. The molecule has 3 nitrogen and oxygen atoms in total. The minimum atomic E-state index is 0.593. The van der Waals surface area contributed by atoms with Crippen LogP contribution in [0.3, 0.4) is 0 Å². The van der Waals surface area contributed by atoms with E-state index in [0.29, 0.717) is 5.92 Å². The van der Waals surface area contributed by atoms with Crippen molar-refractivity contribution in [3.05, 3.63) is 30.0 Å². The third kappa shape index (κ3) is 2.55. The van der Waals surface area contributed by atoms with Gasteiger partial charge in [0.15, 0.2) is 0 Å². The number of hydrogen-bond acceptors (Lipinski definition) is 3. The van der Waals surface area contributed by atoms with Gasteiger partial charge in [-0.25, -0.2) is 0 Å². The predicted molar refractivity (Wildman–Crippen MR) is 79.0 cm³/mol. The van der Waals surface area contributed by atoms with Crippen molar-refractivity contribution in [2.24, 2.45) is 5.92 Å². The zero-order valence-corrected chi connectivity index (χ0v) is 11.6. The summed E-state index contributed by atoms with van der Waals surface area (Å²) in [6.45, 7) is 4.38. The second-order valence-electron chi connectivity index (χ2n) is 5.40. The van der Waals surface area contributed by atoms with Crippen molar-refractivity contribution in [3.63, 3.8) is 0 Å². The number of pyridine rings is 1. The van der Waals surface area contributed by atoms with Gasteiger partial charge in [-0.05, 0) is 36.6 Å². The van der Waals surface area contributed by atoms with Gasteiger partial charge in [-0.2, -0.15) is 0 Å². The molecule has 0 fully saturated rings. The van der Waals surface area contributed by atoms with E-state index in [1.54, 1.807) is 0 Å². The van der Waals surface area contributed by atoms with Crippen LogP contribution < -0.4 is 10.6 Å². The summed E-state index contributed by atoms with van der Waals surface area (Å²) in [5, 5.41) is 1.04. The first-order valence-electron chi connectivity index (χ1n) is 6.34. The summed E-state index contributed by atoms with van der Waals surface area (Å²) < 4.78 is 0. The summed E-state index contributed by atoms with van der Waals surface area (Å²) in [6, 6.07) is 8.22. The van der Waals surface area contributed by atoms with Crippen molar-refractivity contribution >= 4 is 22.3 Å². The number of nitrogens with zero attached hydrogens (tertiary/aromatic N) is 2. The molecule has 2 N–H and O–H groups in total. The quantitative estimate of drug-likeness (QED) is 0.900. The Morgan fingerprint density at radius 3 is 2.56 bits per heavy atom. The molecule has 96 valence electrons. The van der Waals surface area contributed by atoms with Crippen molar-refractivity contribution < 1.29 is 0 Å². The Morgan fingerprint density at radius 1 is 1.22 bits per heavy atom. The monoisotopic (exact) mass is 243 g/mol. The standard InChI is InChI=1S/C15H21N3/c1-10(2)7-11-8-14(16)13-9-12(18(3)4)5-6-15(13)17-11/h5-6,8-10H,7H2,1-4H3,(H2,16,17). The van der Waals surface area contributed by atoms with Crippen LogP contribution in [0, 0.1) is 5.92 Å². The van der Waals surface area contributed by atoms with Gasteiger partial charge in [-0.3, -0.25) is 4.98 Å². The summed E-state index contributed by atoms with van der Waals surface area (Å²) in [5.74, 6) is 0.593. The second kappa shape index (κ2) is 4.84. The van der Waals surface area contributed by atoms with E-state index in [4.69, 9.17) is 5.73 Å². The van der Waals surface area contributed by atoms with Gasteiger partial charge in [0.25, 0.3) is 0 Å². The van der Waals surface area contributed by atoms with Crippen LogP contribution in [0.4, 0.5) is 11.4 Å². The predicted octanol–water partition coefficient (Wildman–Crippen LogP) is 3.08. The Kier molecular flexibility index (Phi) is 3.41. The number of benzene rings is 1. The Bertz CT molecular complexity index is 559. The van der Waals surface area contributed by atoms with E-state index in [2.05, 4.69) is 35.9 Å². The maximum Gasteiger partial charge on any atom is 0.0727 e. The van der Waals surface area contributed by atoms with Crippen molar-refractivity contribution in [3.8, 4) is 0 Å². The fraction of sp³-hybridized carbons (Fsp3) is 0.400. The van der Waals surface area contributed by atoms with Gasteiger partial charge in [0.1, 0.15) is 0 Å². The van der Waals surface area contributed by atoms with E-state index in [0.717, 1.165) is 34.4 Å². The first-order chi connectivity index (χ1) is 8.47. The lowest BCUT2D eigenvalue weighted by molar-refractivity contribution is 0.637. The molecule has 0 amide bonds. The summed E-state index contributed by atoms with van der Waals surface area (Å²) >= 11 is 0. The Labute approximate surface area is 109 Å². The van der Waals surface area contributed by atoms with Crippen molar-refractivity contribution in [2.75, 3.05) is 24.7 Å². The van der Waals surface area contributed by atoms with Gasteiger partial charge >= 0.3 is 0 Å². The average molecular weight is 243 g/mol. The number of aromatic nitrogens is 1. The highest BCUT2D eigenvalue weighted by molar-refractivity contribution is 5.92. The molecule has 0 bridgehead atoms. The molecule has 0 aliphatic carbocycles. The van der Waals surface area contributed by atoms with Crippen LogP contribution in [-0.2, 0) is 6.42 Å². The van der Waals surface area contributed by atoms with Gasteiger partial charge in [0.05, 0.1) is 5.52 Å². The number of nitrogens with two attached hydrogens (primary N) is 1. The fourth-order valence-corrected chi connectivity index (χ4v) is 2.10. The molecule has 0 spiro atoms. The van der Waals surface area contributed by atoms with Gasteiger partial charge in [-0.1, -0.05) is 13.8 Å². The molecular formula is C15H21N3. The van der Waals surface area contributed by atoms with E-state index in [-0.39, 0.29) is 0 Å². The van der Waals surface area contributed by atoms with E-state index in [9.17, 15) is 0 Å². The van der Waals surface area contributed by atoms with Crippen LogP contribution >= 0.6 is 0 Å². The molecule has 0 saturated carbocycles. The lowest BCUT2D eigenvalue weighted by Gasteiger charge is -2.14. The van der Waals surface area contributed by atoms with Crippen LogP contribution in [-0.4, -0.2) is 19.1 Å².